The molecule has 0 unspecified atom stereocenters. The molecule has 1 N–H and O–H groups in total. The van der Waals surface area contributed by atoms with Crippen molar-refractivity contribution in [3.63, 3.8) is 0 Å². The summed E-state index contributed by atoms with van der Waals surface area (Å²) in [6.45, 7) is 5.10. The van der Waals surface area contributed by atoms with Crippen LogP contribution in [-0.4, -0.2) is 44.2 Å². The van der Waals surface area contributed by atoms with Gasteiger partial charge in [-0.3, -0.25) is 14.5 Å². The van der Waals surface area contributed by atoms with Crippen LogP contribution in [0.5, 0.6) is 0 Å². The van der Waals surface area contributed by atoms with Crippen LogP contribution in [0.15, 0.2) is 70.3 Å². The second kappa shape index (κ2) is 8.44. The van der Waals surface area contributed by atoms with Gasteiger partial charge in [0.05, 0.1) is 11.4 Å². The zero-order valence-electron chi connectivity index (χ0n) is 14.2. The molecule has 0 aromatic heterocycles. The Morgan fingerprint density at radius 3 is 2.16 bits per heavy atom. The molecule has 25 heavy (non-hydrogen) atoms. The number of hydrogen-bond acceptors (Lipinski definition) is 5. The van der Waals surface area contributed by atoms with Crippen LogP contribution in [0.25, 0.3) is 0 Å². The van der Waals surface area contributed by atoms with E-state index in [0.29, 0.717) is 5.69 Å². The Morgan fingerprint density at radius 1 is 0.760 bits per heavy atom. The molecular weight excluding hydrogens is 314 g/mol. The molecule has 0 atom stereocenters. The Bertz CT molecular complexity index is 815. The number of hydrogen-bond donors (Lipinski definition) is 1. The summed E-state index contributed by atoms with van der Waals surface area (Å²) in [6, 6.07) is 17.9. The molecule has 0 radical (unpaired) electrons. The predicted molar refractivity (Wildman–Crippen MR) is 103 cm³/mol. The molecule has 0 saturated carbocycles. The Balaban J connectivity index is 1.50. The van der Waals surface area contributed by atoms with E-state index in [2.05, 4.69) is 15.1 Å². The fraction of sp³-hybridized carbons (Fsp3) is 0.300. The first kappa shape index (κ1) is 17.2. The molecule has 3 rings (SSSR count). The van der Waals surface area contributed by atoms with Gasteiger partial charge in [0.1, 0.15) is 0 Å². The van der Waals surface area contributed by atoms with Crippen molar-refractivity contribution in [2.24, 2.45) is 0 Å². The van der Waals surface area contributed by atoms with Crippen molar-refractivity contribution < 1.29 is 0 Å². The van der Waals surface area contributed by atoms with Crippen molar-refractivity contribution in [2.45, 2.75) is 0 Å². The van der Waals surface area contributed by atoms with Crippen LogP contribution in [0.1, 0.15) is 0 Å². The highest BCUT2D eigenvalue weighted by Crippen LogP contribution is 2.10. The lowest BCUT2D eigenvalue weighted by molar-refractivity contribution is 0.267. The van der Waals surface area contributed by atoms with Gasteiger partial charge < -0.3 is 10.2 Å². The lowest BCUT2D eigenvalue weighted by atomic mass is 10.2. The van der Waals surface area contributed by atoms with Gasteiger partial charge in [0, 0.05) is 39.3 Å². The fourth-order valence-electron chi connectivity index (χ4n) is 3.02. The molecule has 0 amide bonds. The second-order valence-electron chi connectivity index (χ2n) is 6.10. The third-order valence-electron chi connectivity index (χ3n) is 4.43. The summed E-state index contributed by atoms with van der Waals surface area (Å²) in [7, 11) is 0. The van der Waals surface area contributed by atoms with Crippen molar-refractivity contribution in [1.82, 2.24) is 4.90 Å². The lowest BCUT2D eigenvalue weighted by Crippen LogP contribution is -2.48. The first-order chi connectivity index (χ1) is 12.2. The van der Waals surface area contributed by atoms with Crippen LogP contribution in [-0.2, 0) is 0 Å². The molecule has 2 aromatic carbocycles. The smallest absolute Gasteiger partial charge is 0.201 e. The summed E-state index contributed by atoms with van der Waals surface area (Å²) >= 11 is 0. The topological polar surface area (TPSA) is 52.7 Å². The van der Waals surface area contributed by atoms with Crippen LogP contribution in [0.4, 0.5) is 11.4 Å². The number of piperazine rings is 1. The van der Waals surface area contributed by atoms with E-state index in [1.807, 2.05) is 36.4 Å². The minimum absolute atomic E-state index is 0.00902. The molecule has 5 heteroatoms. The SMILES string of the molecule is O=c1cccccc1NCCN1CCN(c2cccccc2=O)CC1. The molecule has 1 heterocycles. The van der Waals surface area contributed by atoms with Crippen molar-refractivity contribution in [1.29, 1.82) is 0 Å². The minimum atomic E-state index is 0.00902. The molecule has 2 aromatic rings. The molecule has 1 saturated heterocycles. The molecule has 1 aliphatic heterocycles. The average molecular weight is 337 g/mol. The Morgan fingerprint density at radius 2 is 1.40 bits per heavy atom. The molecular formula is C20H23N3O2. The summed E-state index contributed by atoms with van der Waals surface area (Å²) in [5.41, 5.74) is 1.49. The lowest BCUT2D eigenvalue weighted by Gasteiger charge is -2.35. The molecule has 130 valence electrons. The number of nitrogens with zero attached hydrogens (tertiary/aromatic N) is 2. The predicted octanol–water partition coefficient (Wildman–Crippen LogP) is 1.64. The highest BCUT2D eigenvalue weighted by molar-refractivity contribution is 5.45. The first-order valence-corrected chi connectivity index (χ1v) is 8.64. The second-order valence-corrected chi connectivity index (χ2v) is 6.10. The Labute approximate surface area is 147 Å². The van der Waals surface area contributed by atoms with Crippen LogP contribution in [0, 0.1) is 0 Å². The van der Waals surface area contributed by atoms with Gasteiger partial charge in [-0.05, 0) is 24.3 Å². The molecule has 1 aliphatic rings. The van der Waals surface area contributed by atoms with E-state index in [0.717, 1.165) is 45.0 Å². The van der Waals surface area contributed by atoms with E-state index < -0.39 is 0 Å². The summed E-state index contributed by atoms with van der Waals surface area (Å²) in [5, 5.41) is 3.22. The van der Waals surface area contributed by atoms with Crippen LogP contribution in [0.2, 0.25) is 0 Å². The quantitative estimate of drug-likeness (QED) is 0.899. The van der Waals surface area contributed by atoms with E-state index in [9.17, 15) is 9.59 Å². The molecule has 0 spiro atoms. The normalized spacial score (nSPS) is 15.0. The monoisotopic (exact) mass is 337 g/mol. The number of anilines is 2. The van der Waals surface area contributed by atoms with Crippen molar-refractivity contribution in [3.8, 4) is 0 Å². The maximum atomic E-state index is 12.1. The van der Waals surface area contributed by atoms with E-state index in [4.69, 9.17) is 0 Å². The average Bonchev–Trinajstić information content (AvgIpc) is 2.96. The van der Waals surface area contributed by atoms with Gasteiger partial charge in [-0.1, -0.05) is 36.4 Å². The first-order valence-electron chi connectivity index (χ1n) is 8.64. The summed E-state index contributed by atoms with van der Waals surface area (Å²) in [5.74, 6) is 0. The van der Waals surface area contributed by atoms with E-state index in [1.165, 1.54) is 0 Å². The Kier molecular flexibility index (Phi) is 5.80. The maximum absolute atomic E-state index is 12.1. The van der Waals surface area contributed by atoms with Gasteiger partial charge in [-0.15, -0.1) is 0 Å². The van der Waals surface area contributed by atoms with Gasteiger partial charge in [-0.2, -0.15) is 0 Å². The van der Waals surface area contributed by atoms with E-state index >= 15 is 0 Å². The van der Waals surface area contributed by atoms with Crippen molar-refractivity contribution in [3.05, 3.63) is 81.1 Å². The zero-order chi connectivity index (χ0) is 17.5. The van der Waals surface area contributed by atoms with Gasteiger partial charge in [0.2, 0.25) is 10.9 Å². The number of nitrogens with one attached hydrogen (secondary N) is 1. The zero-order valence-corrected chi connectivity index (χ0v) is 14.2. The van der Waals surface area contributed by atoms with Crippen LogP contribution >= 0.6 is 0 Å². The molecule has 0 bridgehead atoms. The highest BCUT2D eigenvalue weighted by Gasteiger charge is 2.17. The van der Waals surface area contributed by atoms with E-state index in [-0.39, 0.29) is 10.9 Å². The van der Waals surface area contributed by atoms with Gasteiger partial charge in [0.15, 0.2) is 0 Å². The summed E-state index contributed by atoms with van der Waals surface area (Å²) in [6.07, 6.45) is 0. The van der Waals surface area contributed by atoms with Crippen LogP contribution in [0.3, 0.4) is 0 Å². The standard InChI is InChI=1S/C20H23N3O2/c24-19-9-5-1-3-7-17(19)21-11-12-22-13-15-23(16-14-22)18-8-4-2-6-10-20(18)25/h1-10H,11-16H2,(H,21,24). The molecule has 0 aliphatic carbocycles. The van der Waals surface area contributed by atoms with Gasteiger partial charge >= 0.3 is 0 Å². The summed E-state index contributed by atoms with van der Waals surface area (Å²) in [4.78, 5) is 28.4. The maximum Gasteiger partial charge on any atom is 0.201 e. The summed E-state index contributed by atoms with van der Waals surface area (Å²) < 4.78 is 0. The largest absolute Gasteiger partial charge is 0.381 e. The van der Waals surface area contributed by atoms with Gasteiger partial charge in [0.25, 0.3) is 0 Å². The Hall–Kier alpha value is -2.66. The van der Waals surface area contributed by atoms with E-state index in [1.54, 1.807) is 24.3 Å². The highest BCUT2D eigenvalue weighted by atomic mass is 16.1. The van der Waals surface area contributed by atoms with Crippen LogP contribution < -0.4 is 21.1 Å². The third kappa shape index (κ3) is 4.67. The number of rotatable bonds is 5. The van der Waals surface area contributed by atoms with Crippen molar-refractivity contribution >= 4 is 11.4 Å². The fourth-order valence-corrected chi connectivity index (χ4v) is 3.02. The molecule has 1 fully saturated rings. The third-order valence-corrected chi connectivity index (χ3v) is 4.43. The molecule has 5 nitrogen and oxygen atoms in total. The van der Waals surface area contributed by atoms with Gasteiger partial charge in [-0.25, -0.2) is 0 Å². The van der Waals surface area contributed by atoms with Crippen molar-refractivity contribution in [2.75, 3.05) is 49.5 Å². The minimum Gasteiger partial charge on any atom is -0.381 e.